The lowest BCUT2D eigenvalue weighted by atomic mass is 10.2. The number of hydrogen-bond donors (Lipinski definition) is 0. The molecule has 0 saturated heterocycles. The second-order valence-electron chi connectivity index (χ2n) is 7.37. The van der Waals surface area contributed by atoms with Crippen molar-refractivity contribution in [2.75, 3.05) is 4.90 Å². The average Bonchev–Trinajstić information content (AvgIpc) is 3.27. The van der Waals surface area contributed by atoms with E-state index in [0.717, 1.165) is 25.1 Å². The van der Waals surface area contributed by atoms with E-state index in [0.29, 0.717) is 6.54 Å². The van der Waals surface area contributed by atoms with Crippen LogP contribution < -0.4 is 21.9 Å². The highest BCUT2D eigenvalue weighted by Crippen LogP contribution is 2.25. The van der Waals surface area contributed by atoms with Gasteiger partial charge in [0.15, 0.2) is 12.2 Å². The van der Waals surface area contributed by atoms with Crippen LogP contribution in [0.2, 0.25) is 0 Å². The highest BCUT2D eigenvalue weighted by Gasteiger charge is 2.31. The van der Waals surface area contributed by atoms with Gasteiger partial charge in [-0.1, -0.05) is 48.5 Å². The van der Waals surface area contributed by atoms with Crippen molar-refractivity contribution >= 4 is 11.6 Å². The molecule has 0 unspecified atom stereocenters. The molecule has 4 nitrogen and oxygen atoms in total. The lowest BCUT2D eigenvalue weighted by Gasteiger charge is -2.26. The molecule has 0 radical (unpaired) electrons. The number of carbonyl (C=O) groups excluding carboxylic acids is 1. The number of nitrogens with zero attached hydrogens (tertiary/aromatic N) is 3. The summed E-state index contributed by atoms with van der Waals surface area (Å²) < 4.78 is 4.51. The van der Waals surface area contributed by atoms with E-state index in [2.05, 4.69) is 53.4 Å². The molecule has 1 aliphatic rings. The van der Waals surface area contributed by atoms with E-state index >= 15 is 0 Å². The van der Waals surface area contributed by atoms with E-state index in [9.17, 15) is 4.79 Å². The Morgan fingerprint density at radius 3 is 2.36 bits per heavy atom. The van der Waals surface area contributed by atoms with Gasteiger partial charge in [0.2, 0.25) is 0 Å². The summed E-state index contributed by atoms with van der Waals surface area (Å²) in [6, 6.07) is 20.5. The van der Waals surface area contributed by atoms with Gasteiger partial charge in [0.05, 0.1) is 13.0 Å². The fraction of sp³-hybridized carbons (Fsp3) is 0.304. The molecule has 1 amide bonds. The Morgan fingerprint density at radius 2 is 1.71 bits per heavy atom. The second kappa shape index (κ2) is 8.61. The molecule has 4 rings (SSSR count). The first-order valence-corrected chi connectivity index (χ1v) is 9.69. The molecule has 146 valence electrons. The Hall–Kier alpha value is -2.59. The lowest BCUT2D eigenvalue weighted by molar-refractivity contribution is -0.690. The first-order valence-electron chi connectivity index (χ1n) is 9.69. The lowest BCUT2D eigenvalue weighted by Crippen LogP contribution is -3.00. The van der Waals surface area contributed by atoms with Crippen molar-refractivity contribution in [3.8, 4) is 11.3 Å². The van der Waals surface area contributed by atoms with Crippen LogP contribution in [0.1, 0.15) is 26.1 Å². The van der Waals surface area contributed by atoms with Crippen molar-refractivity contribution in [2.24, 2.45) is 0 Å². The Bertz CT molecular complexity index is 935. The first-order chi connectivity index (χ1) is 13.1. The third-order valence-corrected chi connectivity index (χ3v) is 5.19. The molecule has 0 N–H and O–H groups in total. The molecule has 0 fully saturated rings. The molecule has 0 aliphatic carbocycles. The number of rotatable bonds is 5. The van der Waals surface area contributed by atoms with Crippen LogP contribution in [0.3, 0.4) is 0 Å². The summed E-state index contributed by atoms with van der Waals surface area (Å²) in [6.45, 7) is 5.52. The van der Waals surface area contributed by atoms with Crippen LogP contribution in [0.25, 0.3) is 11.3 Å². The number of aromatic nitrogens is 2. The van der Waals surface area contributed by atoms with Crippen molar-refractivity contribution in [2.45, 2.75) is 45.8 Å². The zero-order valence-electron chi connectivity index (χ0n) is 16.4. The minimum atomic E-state index is 0. The van der Waals surface area contributed by atoms with Gasteiger partial charge < -0.3 is 17.3 Å². The molecule has 0 saturated carbocycles. The summed E-state index contributed by atoms with van der Waals surface area (Å²) in [5.74, 6) is 1.38. The normalized spacial score (nSPS) is 12.5. The number of amides is 1. The smallest absolute Gasteiger partial charge is 0.269 e. The largest absolute Gasteiger partial charge is 1.00 e. The van der Waals surface area contributed by atoms with Crippen LogP contribution in [0.15, 0.2) is 66.9 Å². The van der Waals surface area contributed by atoms with E-state index in [-0.39, 0.29) is 24.4 Å². The standard InChI is InChI=1S/C23H26N3O.ClH/c1-18(2)26(20-12-7-4-8-13-20)23(27)17-24-16-21(19-10-5-3-6-11-19)25-15-9-14-22(24)25;/h3-8,10-13,16,18H,9,14-15,17H2,1-2H3;1H/q+1;/p-1. The molecular weight excluding hydrogens is 370 g/mol. The van der Waals surface area contributed by atoms with Crippen molar-refractivity contribution in [3.63, 3.8) is 0 Å². The third kappa shape index (κ3) is 3.83. The van der Waals surface area contributed by atoms with Crippen LogP contribution >= 0.6 is 0 Å². The van der Waals surface area contributed by atoms with Crippen molar-refractivity contribution in [1.29, 1.82) is 0 Å². The summed E-state index contributed by atoms with van der Waals surface area (Å²) in [5, 5.41) is 0. The van der Waals surface area contributed by atoms with Gasteiger partial charge in [-0.25, -0.2) is 9.13 Å². The second-order valence-corrected chi connectivity index (χ2v) is 7.37. The molecule has 0 atom stereocenters. The molecule has 2 heterocycles. The monoisotopic (exact) mass is 395 g/mol. The van der Waals surface area contributed by atoms with Crippen LogP contribution in [0.4, 0.5) is 5.69 Å². The Labute approximate surface area is 172 Å². The minimum absolute atomic E-state index is 0. The molecule has 1 aliphatic heterocycles. The van der Waals surface area contributed by atoms with E-state index in [1.807, 2.05) is 41.3 Å². The molecule has 2 aromatic carbocycles. The number of para-hydroxylation sites is 1. The third-order valence-electron chi connectivity index (χ3n) is 5.19. The summed E-state index contributed by atoms with van der Waals surface area (Å²) in [4.78, 5) is 15.1. The van der Waals surface area contributed by atoms with Crippen LogP contribution in [-0.4, -0.2) is 16.5 Å². The maximum atomic E-state index is 13.2. The first kappa shape index (κ1) is 20.2. The van der Waals surface area contributed by atoms with E-state index in [1.165, 1.54) is 17.1 Å². The SMILES string of the molecule is CC(C)N(C(=O)C[n+]1cc(-c2ccccc2)n2c1CCC2)c1ccccc1.[Cl-]. The Kier molecular flexibility index (Phi) is 6.20. The number of benzene rings is 2. The molecular formula is C23H26ClN3O. The topological polar surface area (TPSA) is 29.1 Å². The van der Waals surface area contributed by atoms with Gasteiger partial charge in [-0.05, 0) is 32.4 Å². The van der Waals surface area contributed by atoms with Crippen molar-refractivity contribution in [3.05, 3.63) is 72.7 Å². The highest BCUT2D eigenvalue weighted by molar-refractivity contribution is 5.92. The van der Waals surface area contributed by atoms with Gasteiger partial charge in [0.1, 0.15) is 6.20 Å². The number of halogens is 1. The van der Waals surface area contributed by atoms with Gasteiger partial charge >= 0.3 is 0 Å². The van der Waals surface area contributed by atoms with E-state index in [1.54, 1.807) is 0 Å². The van der Waals surface area contributed by atoms with Gasteiger partial charge in [-0.2, -0.15) is 0 Å². The summed E-state index contributed by atoms with van der Waals surface area (Å²) in [5.41, 5.74) is 3.36. The van der Waals surface area contributed by atoms with E-state index in [4.69, 9.17) is 0 Å². The van der Waals surface area contributed by atoms with Crippen LogP contribution in [0, 0.1) is 0 Å². The zero-order valence-corrected chi connectivity index (χ0v) is 17.1. The average molecular weight is 396 g/mol. The van der Waals surface area contributed by atoms with Crippen LogP contribution in [-0.2, 0) is 24.3 Å². The maximum Gasteiger partial charge on any atom is 0.269 e. The van der Waals surface area contributed by atoms with Gasteiger partial charge in [-0.15, -0.1) is 0 Å². The molecule has 0 bridgehead atoms. The molecule has 3 aromatic rings. The number of imidazole rings is 1. The number of anilines is 1. The zero-order chi connectivity index (χ0) is 18.8. The number of fused-ring (bicyclic) bond motifs is 1. The van der Waals surface area contributed by atoms with Gasteiger partial charge in [0, 0.05) is 17.3 Å². The molecule has 5 heteroatoms. The fourth-order valence-electron chi connectivity index (χ4n) is 4.03. The van der Waals surface area contributed by atoms with E-state index < -0.39 is 0 Å². The van der Waals surface area contributed by atoms with Crippen LogP contribution in [0.5, 0.6) is 0 Å². The Morgan fingerprint density at radius 1 is 1.07 bits per heavy atom. The molecule has 1 aromatic heterocycles. The minimum Gasteiger partial charge on any atom is -1.00 e. The van der Waals surface area contributed by atoms with Gasteiger partial charge in [-0.3, -0.25) is 4.79 Å². The number of hydrogen-bond acceptors (Lipinski definition) is 1. The quantitative estimate of drug-likeness (QED) is 0.588. The van der Waals surface area contributed by atoms with Gasteiger partial charge in [0.25, 0.3) is 11.7 Å². The fourth-order valence-corrected chi connectivity index (χ4v) is 4.03. The summed E-state index contributed by atoms with van der Waals surface area (Å²) in [7, 11) is 0. The predicted molar refractivity (Wildman–Crippen MR) is 107 cm³/mol. The molecule has 0 spiro atoms. The predicted octanol–water partition coefficient (Wildman–Crippen LogP) is 0.834. The van der Waals surface area contributed by atoms with Crippen molar-refractivity contribution in [1.82, 2.24) is 4.57 Å². The maximum absolute atomic E-state index is 13.2. The highest BCUT2D eigenvalue weighted by atomic mass is 35.5. The molecule has 28 heavy (non-hydrogen) atoms. The van der Waals surface area contributed by atoms with Crippen molar-refractivity contribution < 1.29 is 21.8 Å². The Balaban J connectivity index is 0.00000225. The number of carbonyl (C=O) groups is 1. The summed E-state index contributed by atoms with van der Waals surface area (Å²) >= 11 is 0. The summed E-state index contributed by atoms with van der Waals surface area (Å²) in [6.07, 6.45) is 4.30.